The highest BCUT2D eigenvalue weighted by Crippen LogP contribution is 2.32. The van der Waals surface area contributed by atoms with Gasteiger partial charge in [-0.05, 0) is 44.8 Å². The Hall–Kier alpha value is -0.660. The number of nitrogens with zero attached hydrogens (tertiary/aromatic N) is 1. The van der Waals surface area contributed by atoms with Gasteiger partial charge < -0.3 is 10.1 Å². The van der Waals surface area contributed by atoms with Crippen LogP contribution >= 0.6 is 43.2 Å². The highest BCUT2D eigenvalue weighted by Gasteiger charge is 2.12. The number of nitrogens with one attached hydrogen (secondary N) is 1. The maximum absolute atomic E-state index is 11.4. The van der Waals surface area contributed by atoms with Gasteiger partial charge in [0.05, 0.1) is 4.88 Å². The van der Waals surface area contributed by atoms with E-state index in [4.69, 9.17) is 0 Å². The minimum Gasteiger partial charge on any atom is -0.492 e. The number of aromatic amines is 1. The van der Waals surface area contributed by atoms with E-state index in [1.165, 1.54) is 11.3 Å². The molecule has 0 spiro atoms. The van der Waals surface area contributed by atoms with E-state index in [-0.39, 0.29) is 10.4 Å². The Morgan fingerprint density at radius 3 is 2.69 bits per heavy atom. The molecule has 0 saturated carbocycles. The van der Waals surface area contributed by atoms with Gasteiger partial charge in [0.1, 0.15) is 4.47 Å². The monoisotopic (exact) mass is 364 g/mol. The first kappa shape index (κ1) is 11.8. The third-order valence-corrected chi connectivity index (χ3v) is 4.79. The molecule has 16 heavy (non-hydrogen) atoms. The summed E-state index contributed by atoms with van der Waals surface area (Å²) in [6.07, 6.45) is 0. The van der Waals surface area contributed by atoms with Crippen molar-refractivity contribution in [3.63, 3.8) is 0 Å². The van der Waals surface area contributed by atoms with Gasteiger partial charge in [-0.1, -0.05) is 0 Å². The molecule has 0 aliphatic rings. The first-order valence-corrected chi connectivity index (χ1v) is 6.64. The molecule has 0 radical (unpaired) electrons. The maximum atomic E-state index is 11.4. The van der Waals surface area contributed by atoms with Crippen molar-refractivity contribution in [3.8, 4) is 16.6 Å². The van der Waals surface area contributed by atoms with Crippen LogP contribution in [0.1, 0.15) is 4.88 Å². The fourth-order valence-electron chi connectivity index (χ4n) is 1.14. The minimum absolute atomic E-state index is 0.0450. The molecule has 0 aliphatic heterocycles. The Morgan fingerprint density at radius 2 is 2.19 bits per heavy atom. The third kappa shape index (κ3) is 2.07. The molecular weight excluding hydrogens is 360 g/mol. The van der Waals surface area contributed by atoms with Crippen LogP contribution in [0.2, 0.25) is 0 Å². The zero-order chi connectivity index (χ0) is 11.9. The lowest BCUT2D eigenvalue weighted by atomic mass is 10.4. The third-order valence-electron chi connectivity index (χ3n) is 1.94. The number of H-pyrrole nitrogens is 1. The molecule has 2 N–H and O–H groups in total. The first-order chi connectivity index (χ1) is 7.49. The second-order valence-corrected chi connectivity index (χ2v) is 5.97. The van der Waals surface area contributed by atoms with Gasteiger partial charge >= 0.3 is 0 Å². The summed E-state index contributed by atoms with van der Waals surface area (Å²) in [4.78, 5) is 19.8. The van der Waals surface area contributed by atoms with E-state index in [2.05, 4.69) is 41.8 Å². The van der Waals surface area contributed by atoms with Crippen molar-refractivity contribution in [1.29, 1.82) is 0 Å². The summed E-state index contributed by atoms with van der Waals surface area (Å²) in [5, 5.41) is 9.43. The van der Waals surface area contributed by atoms with Gasteiger partial charge in [-0.15, -0.1) is 11.3 Å². The van der Waals surface area contributed by atoms with Crippen molar-refractivity contribution in [2.75, 3.05) is 0 Å². The number of aryl methyl sites for hydroxylation is 1. The number of halogens is 2. The molecule has 2 rings (SSSR count). The van der Waals surface area contributed by atoms with E-state index in [0.717, 1.165) is 14.2 Å². The van der Waals surface area contributed by atoms with Crippen LogP contribution in [0.3, 0.4) is 0 Å². The molecular formula is C9H6Br2N2O2S. The smallest absolute Gasteiger partial charge is 0.269 e. The van der Waals surface area contributed by atoms with E-state index >= 15 is 0 Å². The van der Waals surface area contributed by atoms with Gasteiger partial charge in [-0.3, -0.25) is 4.79 Å². The van der Waals surface area contributed by atoms with Crippen LogP contribution in [0, 0.1) is 6.92 Å². The van der Waals surface area contributed by atoms with Crippen LogP contribution in [0.5, 0.6) is 5.88 Å². The zero-order valence-electron chi connectivity index (χ0n) is 8.04. The van der Waals surface area contributed by atoms with Gasteiger partial charge in [0.2, 0.25) is 5.88 Å². The summed E-state index contributed by atoms with van der Waals surface area (Å²) in [5.41, 5.74) is -0.398. The average molecular weight is 366 g/mol. The van der Waals surface area contributed by atoms with Gasteiger partial charge in [0.15, 0.2) is 5.82 Å². The van der Waals surface area contributed by atoms with E-state index < -0.39 is 5.56 Å². The Morgan fingerprint density at radius 1 is 1.50 bits per heavy atom. The Balaban J connectivity index is 2.61. The van der Waals surface area contributed by atoms with Crippen LogP contribution in [0.15, 0.2) is 19.8 Å². The Labute approximate surface area is 112 Å². The summed E-state index contributed by atoms with van der Waals surface area (Å²) < 4.78 is 1.00. The predicted molar refractivity (Wildman–Crippen MR) is 70.0 cm³/mol. The highest BCUT2D eigenvalue weighted by atomic mass is 79.9. The van der Waals surface area contributed by atoms with Crippen molar-refractivity contribution in [1.82, 2.24) is 9.97 Å². The zero-order valence-corrected chi connectivity index (χ0v) is 12.0. The van der Waals surface area contributed by atoms with Crippen molar-refractivity contribution < 1.29 is 5.11 Å². The van der Waals surface area contributed by atoms with Crippen LogP contribution in [-0.4, -0.2) is 15.1 Å². The van der Waals surface area contributed by atoms with E-state index in [1.54, 1.807) is 0 Å². The second-order valence-electron chi connectivity index (χ2n) is 3.07. The standard InChI is InChI=1S/C9H6Br2N2O2S/c1-3-4(10)2-5(16-3)7-12-8(14)6(11)9(15)13-7/h2H,1H3,(H2,12,13,14,15). The van der Waals surface area contributed by atoms with Crippen molar-refractivity contribution in [2.24, 2.45) is 0 Å². The minimum atomic E-state index is -0.398. The van der Waals surface area contributed by atoms with E-state index in [9.17, 15) is 9.90 Å². The normalized spacial score (nSPS) is 10.7. The molecule has 0 fully saturated rings. The molecule has 7 heteroatoms. The summed E-state index contributed by atoms with van der Waals surface area (Å²) in [6.45, 7) is 1.95. The molecule has 0 bridgehead atoms. The van der Waals surface area contributed by atoms with Crippen LogP contribution in [0.4, 0.5) is 0 Å². The van der Waals surface area contributed by atoms with Crippen molar-refractivity contribution >= 4 is 43.2 Å². The second kappa shape index (κ2) is 4.31. The van der Waals surface area contributed by atoms with Gasteiger partial charge in [-0.2, -0.15) is 4.98 Å². The summed E-state index contributed by atoms with van der Waals surface area (Å²) in [7, 11) is 0. The lowest BCUT2D eigenvalue weighted by molar-refractivity contribution is 0.448. The first-order valence-electron chi connectivity index (χ1n) is 4.24. The van der Waals surface area contributed by atoms with Crippen LogP contribution in [0.25, 0.3) is 10.7 Å². The van der Waals surface area contributed by atoms with E-state index in [1.807, 2.05) is 13.0 Å². The van der Waals surface area contributed by atoms with Gasteiger partial charge in [0, 0.05) is 9.35 Å². The van der Waals surface area contributed by atoms with Crippen LogP contribution in [-0.2, 0) is 0 Å². The molecule has 0 atom stereocenters. The fraction of sp³-hybridized carbons (Fsp3) is 0.111. The molecule has 0 unspecified atom stereocenters. The number of thiophene rings is 1. The molecule has 0 amide bonds. The van der Waals surface area contributed by atoms with Gasteiger partial charge in [0.25, 0.3) is 5.56 Å². The fourth-order valence-corrected chi connectivity index (χ4v) is 2.81. The lowest BCUT2D eigenvalue weighted by Gasteiger charge is -1.99. The SMILES string of the molecule is Cc1sc(-c2nc(O)c(Br)c(=O)[nH]2)cc1Br. The molecule has 0 aromatic carbocycles. The van der Waals surface area contributed by atoms with Crippen molar-refractivity contribution in [3.05, 3.63) is 30.2 Å². The van der Waals surface area contributed by atoms with Crippen molar-refractivity contribution in [2.45, 2.75) is 6.92 Å². The van der Waals surface area contributed by atoms with Crippen LogP contribution < -0.4 is 5.56 Å². The van der Waals surface area contributed by atoms with Gasteiger partial charge in [-0.25, -0.2) is 0 Å². The predicted octanol–water partition coefficient (Wildman–Crippen LogP) is 3.04. The quantitative estimate of drug-likeness (QED) is 0.816. The number of aromatic hydroxyl groups is 1. The molecule has 84 valence electrons. The number of aromatic nitrogens is 2. The Kier molecular flexibility index (Phi) is 3.18. The largest absolute Gasteiger partial charge is 0.492 e. The van der Waals surface area contributed by atoms with E-state index in [0.29, 0.717) is 5.82 Å². The topological polar surface area (TPSA) is 66.0 Å². The molecule has 2 aromatic heterocycles. The molecule has 4 nitrogen and oxygen atoms in total. The molecule has 0 saturated heterocycles. The highest BCUT2D eigenvalue weighted by molar-refractivity contribution is 9.10. The molecule has 2 aromatic rings. The molecule has 2 heterocycles. The maximum Gasteiger partial charge on any atom is 0.269 e. The molecule has 0 aliphatic carbocycles. The Bertz CT molecular complexity index is 587. The number of rotatable bonds is 1. The number of hydrogen-bond acceptors (Lipinski definition) is 4. The summed E-state index contributed by atoms with van der Waals surface area (Å²) >= 11 is 7.81. The average Bonchev–Trinajstić information content (AvgIpc) is 2.55. The number of hydrogen-bond donors (Lipinski definition) is 2. The summed E-state index contributed by atoms with van der Waals surface area (Å²) in [5.74, 6) is 0.0606. The summed E-state index contributed by atoms with van der Waals surface area (Å²) in [6, 6.07) is 1.85. The lowest BCUT2D eigenvalue weighted by Crippen LogP contribution is -2.09.